The molecular formula is C17H25NO2. The summed E-state index contributed by atoms with van der Waals surface area (Å²) in [5.74, 6) is 1.31. The van der Waals surface area contributed by atoms with Gasteiger partial charge in [0.2, 0.25) is 0 Å². The van der Waals surface area contributed by atoms with Crippen LogP contribution in [0.4, 0.5) is 0 Å². The van der Waals surface area contributed by atoms with Crippen LogP contribution in [0, 0.1) is 5.41 Å². The van der Waals surface area contributed by atoms with Crippen molar-refractivity contribution in [2.75, 3.05) is 20.2 Å². The standard InChI is InChI=1S/C17H25NO2/c1-3-17(10-12-18-13-11-17)16(19)9-6-14-4-7-15(20-2)8-5-14/h4-5,7-8,18H,3,6,9-13H2,1-2H3. The lowest BCUT2D eigenvalue weighted by atomic mass is 9.72. The molecule has 2 rings (SSSR count). The Morgan fingerprint density at radius 3 is 2.45 bits per heavy atom. The highest BCUT2D eigenvalue weighted by Crippen LogP contribution is 2.35. The van der Waals surface area contributed by atoms with Gasteiger partial charge in [-0.05, 0) is 56.5 Å². The van der Waals surface area contributed by atoms with E-state index in [0.717, 1.165) is 44.5 Å². The summed E-state index contributed by atoms with van der Waals surface area (Å²) in [6, 6.07) is 8.01. The summed E-state index contributed by atoms with van der Waals surface area (Å²) in [6.07, 6.45) is 4.43. The number of hydrogen-bond donors (Lipinski definition) is 1. The van der Waals surface area contributed by atoms with Crippen LogP contribution in [0.1, 0.15) is 38.2 Å². The van der Waals surface area contributed by atoms with E-state index in [-0.39, 0.29) is 5.41 Å². The number of hydrogen-bond acceptors (Lipinski definition) is 3. The monoisotopic (exact) mass is 275 g/mol. The minimum atomic E-state index is -0.0717. The molecule has 1 aliphatic rings. The lowest BCUT2D eigenvalue weighted by Crippen LogP contribution is -2.41. The molecule has 3 heteroatoms. The molecule has 0 atom stereocenters. The van der Waals surface area contributed by atoms with Crippen LogP contribution in [0.15, 0.2) is 24.3 Å². The molecule has 1 aromatic carbocycles. The van der Waals surface area contributed by atoms with E-state index in [4.69, 9.17) is 4.74 Å². The van der Waals surface area contributed by atoms with Crippen molar-refractivity contribution in [3.8, 4) is 5.75 Å². The zero-order valence-corrected chi connectivity index (χ0v) is 12.6. The van der Waals surface area contributed by atoms with Gasteiger partial charge in [-0.25, -0.2) is 0 Å². The van der Waals surface area contributed by atoms with Gasteiger partial charge in [-0.1, -0.05) is 19.1 Å². The molecule has 0 radical (unpaired) electrons. The molecule has 0 saturated carbocycles. The van der Waals surface area contributed by atoms with Crippen LogP contribution in [-0.2, 0) is 11.2 Å². The van der Waals surface area contributed by atoms with Gasteiger partial charge in [0.05, 0.1) is 7.11 Å². The topological polar surface area (TPSA) is 38.3 Å². The molecule has 0 amide bonds. The summed E-state index contributed by atoms with van der Waals surface area (Å²) < 4.78 is 5.15. The zero-order valence-electron chi connectivity index (χ0n) is 12.6. The molecule has 1 aromatic rings. The van der Waals surface area contributed by atoms with Gasteiger partial charge in [-0.15, -0.1) is 0 Å². The highest BCUT2D eigenvalue weighted by molar-refractivity contribution is 5.85. The first-order valence-electron chi connectivity index (χ1n) is 7.57. The van der Waals surface area contributed by atoms with Gasteiger partial charge in [-0.3, -0.25) is 4.79 Å². The van der Waals surface area contributed by atoms with E-state index in [0.29, 0.717) is 12.2 Å². The van der Waals surface area contributed by atoms with Crippen LogP contribution in [0.25, 0.3) is 0 Å². The van der Waals surface area contributed by atoms with E-state index in [2.05, 4.69) is 12.2 Å². The highest BCUT2D eigenvalue weighted by atomic mass is 16.5. The van der Waals surface area contributed by atoms with Crippen molar-refractivity contribution in [3.05, 3.63) is 29.8 Å². The van der Waals surface area contributed by atoms with Crippen molar-refractivity contribution in [2.24, 2.45) is 5.41 Å². The number of nitrogens with one attached hydrogen (secondary N) is 1. The SMILES string of the molecule is CCC1(C(=O)CCc2ccc(OC)cc2)CCNCC1. The van der Waals surface area contributed by atoms with Crippen molar-refractivity contribution < 1.29 is 9.53 Å². The minimum Gasteiger partial charge on any atom is -0.497 e. The average Bonchev–Trinajstić information content (AvgIpc) is 2.53. The number of aryl methyl sites for hydroxylation is 1. The second-order valence-electron chi connectivity index (χ2n) is 5.66. The third-order valence-electron chi connectivity index (χ3n) is 4.63. The number of methoxy groups -OCH3 is 1. The first kappa shape index (κ1) is 15.0. The molecule has 0 bridgehead atoms. The fourth-order valence-corrected chi connectivity index (χ4v) is 3.05. The average molecular weight is 275 g/mol. The fraction of sp³-hybridized carbons (Fsp3) is 0.588. The van der Waals surface area contributed by atoms with E-state index >= 15 is 0 Å². The lowest BCUT2D eigenvalue weighted by Gasteiger charge is -2.35. The normalized spacial score (nSPS) is 17.7. The Balaban J connectivity index is 1.93. The van der Waals surface area contributed by atoms with Crippen LogP contribution in [-0.4, -0.2) is 26.0 Å². The summed E-state index contributed by atoms with van der Waals surface area (Å²) in [5.41, 5.74) is 1.14. The molecule has 0 spiro atoms. The van der Waals surface area contributed by atoms with Crippen LogP contribution in [0.5, 0.6) is 5.75 Å². The zero-order chi connectivity index (χ0) is 14.4. The number of carbonyl (C=O) groups is 1. The number of Topliss-reactive ketones (excluding diaryl/α,β-unsaturated/α-hetero) is 1. The Hall–Kier alpha value is -1.35. The molecule has 1 fully saturated rings. The van der Waals surface area contributed by atoms with E-state index in [9.17, 15) is 4.79 Å². The van der Waals surface area contributed by atoms with Crippen LogP contribution in [0.2, 0.25) is 0 Å². The lowest BCUT2D eigenvalue weighted by molar-refractivity contribution is -0.130. The molecule has 20 heavy (non-hydrogen) atoms. The number of ketones is 1. The van der Waals surface area contributed by atoms with Crippen molar-refractivity contribution in [1.29, 1.82) is 0 Å². The van der Waals surface area contributed by atoms with Gasteiger partial charge in [0.15, 0.2) is 0 Å². The molecule has 3 nitrogen and oxygen atoms in total. The van der Waals surface area contributed by atoms with Gasteiger partial charge in [0.1, 0.15) is 11.5 Å². The Morgan fingerprint density at radius 1 is 1.25 bits per heavy atom. The van der Waals surface area contributed by atoms with Crippen molar-refractivity contribution in [2.45, 2.75) is 39.0 Å². The number of carbonyl (C=O) groups excluding carboxylic acids is 1. The number of benzene rings is 1. The van der Waals surface area contributed by atoms with Crippen LogP contribution in [0.3, 0.4) is 0 Å². The van der Waals surface area contributed by atoms with E-state index < -0.39 is 0 Å². The molecule has 1 saturated heterocycles. The molecule has 1 aliphatic heterocycles. The Morgan fingerprint density at radius 2 is 1.90 bits per heavy atom. The molecule has 1 N–H and O–H groups in total. The summed E-state index contributed by atoms with van der Waals surface area (Å²) in [4.78, 5) is 12.6. The van der Waals surface area contributed by atoms with Crippen molar-refractivity contribution in [3.63, 3.8) is 0 Å². The van der Waals surface area contributed by atoms with Gasteiger partial charge in [0.25, 0.3) is 0 Å². The largest absolute Gasteiger partial charge is 0.497 e. The molecule has 0 unspecified atom stereocenters. The molecule has 110 valence electrons. The van der Waals surface area contributed by atoms with E-state index in [1.807, 2.05) is 24.3 Å². The first-order valence-corrected chi connectivity index (χ1v) is 7.57. The number of ether oxygens (including phenoxy) is 1. The minimum absolute atomic E-state index is 0.0717. The summed E-state index contributed by atoms with van der Waals surface area (Å²) in [7, 11) is 1.67. The van der Waals surface area contributed by atoms with E-state index in [1.165, 1.54) is 5.56 Å². The van der Waals surface area contributed by atoms with Gasteiger partial charge in [0, 0.05) is 11.8 Å². The number of piperidine rings is 1. The third-order valence-corrected chi connectivity index (χ3v) is 4.63. The van der Waals surface area contributed by atoms with Crippen molar-refractivity contribution >= 4 is 5.78 Å². The summed E-state index contributed by atoms with van der Waals surface area (Å²) >= 11 is 0. The van der Waals surface area contributed by atoms with E-state index in [1.54, 1.807) is 7.11 Å². The van der Waals surface area contributed by atoms with Gasteiger partial charge in [-0.2, -0.15) is 0 Å². The summed E-state index contributed by atoms with van der Waals surface area (Å²) in [5, 5.41) is 3.35. The Bertz CT molecular complexity index is 433. The van der Waals surface area contributed by atoms with Gasteiger partial charge < -0.3 is 10.1 Å². The van der Waals surface area contributed by atoms with Crippen LogP contribution >= 0.6 is 0 Å². The maximum atomic E-state index is 12.6. The fourth-order valence-electron chi connectivity index (χ4n) is 3.05. The number of rotatable bonds is 6. The maximum absolute atomic E-state index is 12.6. The third kappa shape index (κ3) is 3.40. The predicted octanol–water partition coefficient (Wildman–Crippen LogP) is 2.98. The Kier molecular flexibility index (Phi) is 5.18. The second-order valence-corrected chi connectivity index (χ2v) is 5.66. The molecular weight excluding hydrogens is 250 g/mol. The molecule has 1 heterocycles. The smallest absolute Gasteiger partial charge is 0.139 e. The summed E-state index contributed by atoms with van der Waals surface area (Å²) in [6.45, 7) is 4.10. The molecule has 0 aromatic heterocycles. The quantitative estimate of drug-likeness (QED) is 0.867. The van der Waals surface area contributed by atoms with Crippen LogP contribution < -0.4 is 10.1 Å². The highest BCUT2D eigenvalue weighted by Gasteiger charge is 2.36. The second kappa shape index (κ2) is 6.89. The maximum Gasteiger partial charge on any atom is 0.139 e. The Labute approximate surface area is 121 Å². The van der Waals surface area contributed by atoms with Crippen molar-refractivity contribution in [1.82, 2.24) is 5.32 Å². The first-order chi connectivity index (χ1) is 9.70. The predicted molar refractivity (Wildman–Crippen MR) is 81.1 cm³/mol. The van der Waals surface area contributed by atoms with Gasteiger partial charge >= 0.3 is 0 Å². The molecule has 0 aliphatic carbocycles.